The molecule has 0 bridgehead atoms. The SMILES string of the molecule is CNC(=O)c1nc2c(N3CCOCC3)cc(-n3ccc(-c4cccc(C)c4)n3)nc2n1C. The van der Waals surface area contributed by atoms with Crippen molar-refractivity contribution < 1.29 is 9.53 Å². The Balaban J connectivity index is 1.65. The Bertz CT molecular complexity index is 1300. The zero-order chi connectivity index (χ0) is 22.2. The van der Waals surface area contributed by atoms with E-state index in [0.717, 1.165) is 30.0 Å². The average molecular weight is 432 g/mol. The summed E-state index contributed by atoms with van der Waals surface area (Å²) in [5.74, 6) is 0.743. The maximum absolute atomic E-state index is 12.4. The van der Waals surface area contributed by atoms with Gasteiger partial charge in [-0.15, -0.1) is 0 Å². The van der Waals surface area contributed by atoms with E-state index in [9.17, 15) is 4.79 Å². The first-order valence-corrected chi connectivity index (χ1v) is 10.6. The maximum atomic E-state index is 12.4. The lowest BCUT2D eigenvalue weighted by molar-refractivity contribution is 0.0950. The standard InChI is InChI=1S/C23H25N7O2/c1-15-5-4-6-16(13-15)17-7-8-30(27-17)19-14-18(29-9-11-32-12-10-29)20-21(25-19)28(3)22(26-20)23(31)24-2/h4-8,13-14H,9-12H2,1-3H3,(H,24,31). The topological polar surface area (TPSA) is 90.1 Å². The predicted molar refractivity (Wildman–Crippen MR) is 122 cm³/mol. The number of hydrogen-bond donors (Lipinski definition) is 1. The van der Waals surface area contributed by atoms with Gasteiger partial charge in [-0.2, -0.15) is 5.10 Å². The Morgan fingerprint density at radius 2 is 1.94 bits per heavy atom. The number of amides is 1. The summed E-state index contributed by atoms with van der Waals surface area (Å²) in [6, 6.07) is 12.2. The molecule has 164 valence electrons. The Morgan fingerprint density at radius 1 is 1.12 bits per heavy atom. The van der Waals surface area contributed by atoms with Crippen LogP contribution in [0.1, 0.15) is 16.2 Å². The van der Waals surface area contributed by atoms with Gasteiger partial charge >= 0.3 is 0 Å². The Kier molecular flexibility index (Phi) is 5.10. The van der Waals surface area contributed by atoms with Crippen LogP contribution in [0.15, 0.2) is 42.6 Å². The van der Waals surface area contributed by atoms with Crippen molar-refractivity contribution in [2.24, 2.45) is 7.05 Å². The minimum atomic E-state index is -0.249. The van der Waals surface area contributed by atoms with Crippen molar-refractivity contribution in [2.45, 2.75) is 6.92 Å². The van der Waals surface area contributed by atoms with Crippen molar-refractivity contribution in [3.63, 3.8) is 0 Å². The highest BCUT2D eigenvalue weighted by atomic mass is 16.5. The second kappa shape index (κ2) is 8.08. The molecule has 4 aromatic rings. The first-order valence-electron chi connectivity index (χ1n) is 10.6. The maximum Gasteiger partial charge on any atom is 0.287 e. The molecule has 0 spiro atoms. The third kappa shape index (κ3) is 3.50. The van der Waals surface area contributed by atoms with Gasteiger partial charge in [0.2, 0.25) is 5.82 Å². The second-order valence-electron chi connectivity index (χ2n) is 7.86. The molecule has 1 fully saturated rings. The van der Waals surface area contributed by atoms with Crippen molar-refractivity contribution in [1.82, 2.24) is 29.6 Å². The van der Waals surface area contributed by atoms with Gasteiger partial charge in [0.05, 0.1) is 24.6 Å². The predicted octanol–water partition coefficient (Wildman–Crippen LogP) is 2.33. The third-order valence-corrected chi connectivity index (χ3v) is 5.71. The van der Waals surface area contributed by atoms with Crippen LogP contribution in [-0.4, -0.2) is 63.6 Å². The smallest absolute Gasteiger partial charge is 0.287 e. The van der Waals surface area contributed by atoms with E-state index in [2.05, 4.69) is 34.3 Å². The summed E-state index contributed by atoms with van der Waals surface area (Å²) >= 11 is 0. The number of pyridine rings is 1. The quantitative estimate of drug-likeness (QED) is 0.533. The van der Waals surface area contributed by atoms with Crippen LogP contribution in [0, 0.1) is 6.92 Å². The fourth-order valence-corrected chi connectivity index (χ4v) is 4.01. The normalized spacial score (nSPS) is 14.2. The number of nitrogens with one attached hydrogen (secondary N) is 1. The van der Waals surface area contributed by atoms with Crippen molar-refractivity contribution in [1.29, 1.82) is 0 Å². The number of ether oxygens (including phenoxy) is 1. The summed E-state index contributed by atoms with van der Waals surface area (Å²) in [5, 5.41) is 7.43. The summed E-state index contributed by atoms with van der Waals surface area (Å²) < 4.78 is 9.03. The van der Waals surface area contributed by atoms with Crippen LogP contribution in [0.5, 0.6) is 0 Å². The molecular formula is C23H25N7O2. The molecule has 1 aliphatic rings. The molecule has 1 saturated heterocycles. The van der Waals surface area contributed by atoms with Gasteiger partial charge in [-0.05, 0) is 19.1 Å². The number of fused-ring (bicyclic) bond motifs is 1. The molecule has 9 nitrogen and oxygen atoms in total. The molecular weight excluding hydrogens is 406 g/mol. The Labute approximate surface area is 185 Å². The number of rotatable bonds is 4. The average Bonchev–Trinajstić information content (AvgIpc) is 3.44. The number of carbonyl (C=O) groups excluding carboxylic acids is 1. The molecule has 1 N–H and O–H groups in total. The highest BCUT2D eigenvalue weighted by molar-refractivity contribution is 5.97. The molecule has 0 saturated carbocycles. The van der Waals surface area contributed by atoms with Gasteiger partial charge < -0.3 is 19.5 Å². The van der Waals surface area contributed by atoms with Crippen LogP contribution in [0.2, 0.25) is 0 Å². The molecule has 0 radical (unpaired) electrons. The molecule has 1 amide bonds. The van der Waals surface area contributed by atoms with Crippen molar-refractivity contribution in [2.75, 3.05) is 38.3 Å². The zero-order valence-corrected chi connectivity index (χ0v) is 18.4. The fourth-order valence-electron chi connectivity index (χ4n) is 4.01. The van der Waals surface area contributed by atoms with Gasteiger partial charge in [-0.3, -0.25) is 4.79 Å². The monoisotopic (exact) mass is 431 g/mol. The first-order chi connectivity index (χ1) is 15.5. The Hall–Kier alpha value is -3.72. The number of hydrogen-bond acceptors (Lipinski definition) is 6. The molecule has 9 heteroatoms. The number of anilines is 1. The first kappa shape index (κ1) is 20.2. The van der Waals surface area contributed by atoms with Gasteiger partial charge in [0, 0.05) is 45.0 Å². The van der Waals surface area contributed by atoms with Crippen LogP contribution < -0.4 is 10.2 Å². The van der Waals surface area contributed by atoms with Crippen molar-refractivity contribution in [3.8, 4) is 17.1 Å². The van der Waals surface area contributed by atoms with E-state index in [0.29, 0.717) is 36.0 Å². The number of aromatic nitrogens is 5. The van der Waals surface area contributed by atoms with Gasteiger partial charge in [0.25, 0.3) is 5.91 Å². The summed E-state index contributed by atoms with van der Waals surface area (Å²) in [5.41, 5.74) is 5.37. The zero-order valence-electron chi connectivity index (χ0n) is 18.4. The summed E-state index contributed by atoms with van der Waals surface area (Å²) in [6.45, 7) is 4.86. The number of imidazole rings is 1. The number of nitrogens with zero attached hydrogens (tertiary/aromatic N) is 6. The lowest BCUT2D eigenvalue weighted by Gasteiger charge is -2.29. The second-order valence-corrected chi connectivity index (χ2v) is 7.86. The molecule has 0 unspecified atom stereocenters. The van der Waals surface area contributed by atoms with Gasteiger partial charge in [0.15, 0.2) is 11.5 Å². The molecule has 4 heterocycles. The van der Waals surface area contributed by atoms with E-state index in [1.165, 1.54) is 5.56 Å². The van der Waals surface area contributed by atoms with Gasteiger partial charge in [-0.1, -0.05) is 23.8 Å². The highest BCUT2D eigenvalue weighted by Crippen LogP contribution is 2.29. The van der Waals surface area contributed by atoms with Crippen LogP contribution in [-0.2, 0) is 11.8 Å². The van der Waals surface area contributed by atoms with E-state index in [4.69, 9.17) is 14.8 Å². The molecule has 5 rings (SSSR count). The van der Waals surface area contributed by atoms with E-state index in [1.54, 1.807) is 23.3 Å². The highest BCUT2D eigenvalue weighted by Gasteiger charge is 2.23. The largest absolute Gasteiger partial charge is 0.378 e. The van der Waals surface area contributed by atoms with E-state index in [-0.39, 0.29) is 5.91 Å². The molecule has 32 heavy (non-hydrogen) atoms. The molecule has 0 atom stereocenters. The molecule has 1 aliphatic heterocycles. The van der Waals surface area contributed by atoms with Crippen LogP contribution in [0.3, 0.4) is 0 Å². The molecule has 1 aromatic carbocycles. The Morgan fingerprint density at radius 3 is 2.69 bits per heavy atom. The number of carbonyl (C=O) groups is 1. The molecule has 0 aliphatic carbocycles. The van der Waals surface area contributed by atoms with Gasteiger partial charge in [-0.25, -0.2) is 14.6 Å². The van der Waals surface area contributed by atoms with Crippen LogP contribution in [0.4, 0.5) is 5.69 Å². The number of morpholine rings is 1. The minimum Gasteiger partial charge on any atom is -0.378 e. The van der Waals surface area contributed by atoms with Crippen LogP contribution in [0.25, 0.3) is 28.2 Å². The molecule has 3 aromatic heterocycles. The number of benzene rings is 1. The lowest BCUT2D eigenvalue weighted by atomic mass is 10.1. The van der Waals surface area contributed by atoms with Crippen molar-refractivity contribution >= 4 is 22.8 Å². The van der Waals surface area contributed by atoms with E-state index in [1.807, 2.05) is 30.5 Å². The third-order valence-electron chi connectivity index (χ3n) is 5.71. The lowest BCUT2D eigenvalue weighted by Crippen LogP contribution is -2.36. The van der Waals surface area contributed by atoms with Crippen molar-refractivity contribution in [3.05, 3.63) is 54.0 Å². The van der Waals surface area contributed by atoms with Gasteiger partial charge in [0.1, 0.15) is 5.52 Å². The summed E-state index contributed by atoms with van der Waals surface area (Å²) in [4.78, 5) is 24.0. The minimum absolute atomic E-state index is 0.249. The van der Waals surface area contributed by atoms with E-state index >= 15 is 0 Å². The number of aryl methyl sites for hydroxylation is 2. The fraction of sp³-hybridized carbons (Fsp3) is 0.304. The summed E-state index contributed by atoms with van der Waals surface area (Å²) in [7, 11) is 3.40. The summed E-state index contributed by atoms with van der Waals surface area (Å²) in [6.07, 6.45) is 1.91. The van der Waals surface area contributed by atoms with E-state index < -0.39 is 0 Å². The van der Waals surface area contributed by atoms with Crippen LogP contribution >= 0.6 is 0 Å².